The molecule has 0 aromatic carbocycles. The van der Waals surface area contributed by atoms with Gasteiger partial charge in [0.25, 0.3) is 0 Å². The third-order valence-electron chi connectivity index (χ3n) is 2.36. The maximum atomic E-state index is 5.53. The maximum Gasteiger partial charge on any atom is 0.00363 e. The SMILES string of the molecule is CCC(C)NCC(C)(C)CCN. The van der Waals surface area contributed by atoms with E-state index in [0.29, 0.717) is 11.5 Å². The van der Waals surface area contributed by atoms with Crippen LogP contribution in [0, 0.1) is 5.41 Å². The molecule has 0 radical (unpaired) electrons. The van der Waals surface area contributed by atoms with Crippen molar-refractivity contribution in [3.05, 3.63) is 0 Å². The zero-order valence-corrected chi connectivity index (χ0v) is 8.98. The van der Waals surface area contributed by atoms with E-state index in [1.165, 1.54) is 6.42 Å². The Morgan fingerprint density at radius 1 is 1.42 bits per heavy atom. The molecule has 0 aliphatic rings. The number of hydrogen-bond donors (Lipinski definition) is 2. The first-order chi connectivity index (χ1) is 5.52. The molecule has 0 aliphatic heterocycles. The zero-order chi connectivity index (χ0) is 9.61. The minimum atomic E-state index is 0.345. The van der Waals surface area contributed by atoms with Gasteiger partial charge in [-0.25, -0.2) is 0 Å². The molecule has 0 fully saturated rings. The van der Waals surface area contributed by atoms with E-state index in [1.807, 2.05) is 0 Å². The normalized spacial score (nSPS) is 14.8. The monoisotopic (exact) mass is 172 g/mol. The predicted molar refractivity (Wildman–Crippen MR) is 55.2 cm³/mol. The van der Waals surface area contributed by atoms with E-state index in [4.69, 9.17) is 5.73 Å². The van der Waals surface area contributed by atoms with Crippen molar-refractivity contribution in [1.29, 1.82) is 0 Å². The maximum absolute atomic E-state index is 5.53. The van der Waals surface area contributed by atoms with E-state index in [-0.39, 0.29) is 0 Å². The highest BCUT2D eigenvalue weighted by Crippen LogP contribution is 2.17. The molecule has 0 spiro atoms. The summed E-state index contributed by atoms with van der Waals surface area (Å²) in [6, 6.07) is 0.627. The molecular weight excluding hydrogens is 148 g/mol. The highest BCUT2D eigenvalue weighted by Gasteiger charge is 2.16. The summed E-state index contributed by atoms with van der Waals surface area (Å²) in [5.41, 5.74) is 5.87. The number of nitrogens with one attached hydrogen (secondary N) is 1. The minimum Gasteiger partial charge on any atom is -0.330 e. The lowest BCUT2D eigenvalue weighted by atomic mass is 9.89. The second-order valence-corrected chi connectivity index (χ2v) is 4.39. The fourth-order valence-corrected chi connectivity index (χ4v) is 1.07. The van der Waals surface area contributed by atoms with Gasteiger partial charge >= 0.3 is 0 Å². The lowest BCUT2D eigenvalue weighted by Crippen LogP contribution is -2.36. The largest absolute Gasteiger partial charge is 0.330 e. The summed E-state index contributed by atoms with van der Waals surface area (Å²) in [5.74, 6) is 0. The Labute approximate surface area is 76.9 Å². The third kappa shape index (κ3) is 5.56. The van der Waals surface area contributed by atoms with Gasteiger partial charge in [-0.15, -0.1) is 0 Å². The van der Waals surface area contributed by atoms with Crippen LogP contribution in [0.5, 0.6) is 0 Å². The fraction of sp³-hybridized carbons (Fsp3) is 1.00. The van der Waals surface area contributed by atoms with Crippen LogP contribution in [0.15, 0.2) is 0 Å². The second kappa shape index (κ2) is 5.55. The molecule has 1 unspecified atom stereocenters. The molecule has 12 heavy (non-hydrogen) atoms. The lowest BCUT2D eigenvalue weighted by molar-refractivity contribution is 0.303. The quantitative estimate of drug-likeness (QED) is 0.640. The van der Waals surface area contributed by atoms with Crippen molar-refractivity contribution in [3.8, 4) is 0 Å². The van der Waals surface area contributed by atoms with Crippen molar-refractivity contribution >= 4 is 0 Å². The van der Waals surface area contributed by atoms with Gasteiger partial charge in [-0.3, -0.25) is 0 Å². The topological polar surface area (TPSA) is 38.0 Å². The zero-order valence-electron chi connectivity index (χ0n) is 8.98. The van der Waals surface area contributed by atoms with Gasteiger partial charge < -0.3 is 11.1 Å². The molecule has 74 valence electrons. The van der Waals surface area contributed by atoms with E-state index >= 15 is 0 Å². The minimum absolute atomic E-state index is 0.345. The van der Waals surface area contributed by atoms with Gasteiger partial charge in [-0.2, -0.15) is 0 Å². The van der Waals surface area contributed by atoms with Crippen LogP contribution in [0.2, 0.25) is 0 Å². The Morgan fingerprint density at radius 3 is 2.42 bits per heavy atom. The predicted octanol–water partition coefficient (Wildman–Crippen LogP) is 1.75. The Bertz CT molecular complexity index is 110. The third-order valence-corrected chi connectivity index (χ3v) is 2.36. The van der Waals surface area contributed by atoms with Crippen molar-refractivity contribution in [3.63, 3.8) is 0 Å². The van der Waals surface area contributed by atoms with Crippen molar-refractivity contribution < 1.29 is 0 Å². The Morgan fingerprint density at radius 2 is 2.00 bits per heavy atom. The van der Waals surface area contributed by atoms with Gasteiger partial charge in [0.2, 0.25) is 0 Å². The molecule has 0 rings (SSSR count). The van der Waals surface area contributed by atoms with Crippen LogP contribution in [0.25, 0.3) is 0 Å². The average molecular weight is 172 g/mol. The number of rotatable bonds is 6. The van der Waals surface area contributed by atoms with Gasteiger partial charge in [0.1, 0.15) is 0 Å². The Hall–Kier alpha value is -0.0800. The van der Waals surface area contributed by atoms with E-state index in [1.54, 1.807) is 0 Å². The summed E-state index contributed by atoms with van der Waals surface area (Å²) in [4.78, 5) is 0. The second-order valence-electron chi connectivity index (χ2n) is 4.39. The van der Waals surface area contributed by atoms with Gasteiger partial charge in [0.05, 0.1) is 0 Å². The van der Waals surface area contributed by atoms with Crippen molar-refractivity contribution in [2.45, 2.75) is 46.6 Å². The first-order valence-electron chi connectivity index (χ1n) is 4.95. The van der Waals surface area contributed by atoms with E-state index in [9.17, 15) is 0 Å². The smallest absolute Gasteiger partial charge is 0.00363 e. The van der Waals surface area contributed by atoms with E-state index < -0.39 is 0 Å². The van der Waals surface area contributed by atoms with Crippen molar-refractivity contribution in [1.82, 2.24) is 5.32 Å². The molecule has 0 amide bonds. The number of hydrogen-bond acceptors (Lipinski definition) is 2. The van der Waals surface area contributed by atoms with Gasteiger partial charge in [0, 0.05) is 12.6 Å². The molecule has 0 aromatic heterocycles. The summed E-state index contributed by atoms with van der Waals surface area (Å²) < 4.78 is 0. The fourth-order valence-electron chi connectivity index (χ4n) is 1.07. The summed E-state index contributed by atoms with van der Waals surface area (Å²) in [6.45, 7) is 10.8. The molecule has 2 nitrogen and oxygen atoms in total. The highest BCUT2D eigenvalue weighted by atomic mass is 14.9. The van der Waals surface area contributed by atoms with E-state index in [0.717, 1.165) is 19.5 Å². The molecule has 2 heteroatoms. The van der Waals surface area contributed by atoms with Crippen LogP contribution >= 0.6 is 0 Å². The Kier molecular flexibility index (Phi) is 5.51. The molecule has 0 saturated carbocycles. The molecular formula is C10H24N2. The van der Waals surface area contributed by atoms with Crippen molar-refractivity contribution in [2.75, 3.05) is 13.1 Å². The summed E-state index contributed by atoms with van der Waals surface area (Å²) in [5, 5.41) is 3.50. The van der Waals surface area contributed by atoms with Crippen LogP contribution in [-0.4, -0.2) is 19.1 Å². The molecule has 0 aromatic rings. The molecule has 0 heterocycles. The van der Waals surface area contributed by atoms with Crippen LogP contribution in [0.3, 0.4) is 0 Å². The number of nitrogens with two attached hydrogens (primary N) is 1. The molecule has 0 saturated heterocycles. The molecule has 3 N–H and O–H groups in total. The van der Waals surface area contributed by atoms with Crippen molar-refractivity contribution in [2.24, 2.45) is 11.1 Å². The van der Waals surface area contributed by atoms with Crippen LogP contribution in [-0.2, 0) is 0 Å². The van der Waals surface area contributed by atoms with Gasteiger partial charge in [-0.05, 0) is 31.7 Å². The van der Waals surface area contributed by atoms with Crippen LogP contribution in [0.1, 0.15) is 40.5 Å². The van der Waals surface area contributed by atoms with E-state index in [2.05, 4.69) is 33.0 Å². The average Bonchev–Trinajstić information content (AvgIpc) is 2.00. The van der Waals surface area contributed by atoms with Gasteiger partial charge in [-0.1, -0.05) is 20.8 Å². The molecule has 0 aliphatic carbocycles. The Balaban J connectivity index is 3.59. The summed E-state index contributed by atoms with van der Waals surface area (Å²) in [7, 11) is 0. The standard InChI is InChI=1S/C10H24N2/c1-5-9(2)12-8-10(3,4)6-7-11/h9,12H,5-8,11H2,1-4H3. The first-order valence-corrected chi connectivity index (χ1v) is 4.95. The van der Waals surface area contributed by atoms with Gasteiger partial charge in [0.15, 0.2) is 0 Å². The van der Waals surface area contributed by atoms with Crippen LogP contribution < -0.4 is 11.1 Å². The lowest BCUT2D eigenvalue weighted by Gasteiger charge is -2.26. The molecule has 0 bridgehead atoms. The summed E-state index contributed by atoms with van der Waals surface area (Å²) >= 11 is 0. The summed E-state index contributed by atoms with van der Waals surface area (Å²) in [6.07, 6.45) is 2.29. The first kappa shape index (κ1) is 11.9. The molecule has 1 atom stereocenters. The highest BCUT2D eigenvalue weighted by molar-refractivity contribution is 4.73. The van der Waals surface area contributed by atoms with Crippen LogP contribution in [0.4, 0.5) is 0 Å².